The number of methoxy groups -OCH3 is 2. The summed E-state index contributed by atoms with van der Waals surface area (Å²) in [5.41, 5.74) is 2.25. The molecule has 0 radical (unpaired) electrons. The van der Waals surface area contributed by atoms with Crippen LogP contribution in [-0.4, -0.2) is 44.2 Å². The van der Waals surface area contributed by atoms with Gasteiger partial charge in [0, 0.05) is 37.8 Å². The molecule has 0 atom stereocenters. The largest absolute Gasteiger partial charge is 0.497 e. The van der Waals surface area contributed by atoms with Gasteiger partial charge in [-0.25, -0.2) is 0 Å². The lowest BCUT2D eigenvalue weighted by molar-refractivity contribution is -0.119. The number of rotatable bonds is 7. The van der Waals surface area contributed by atoms with Crippen molar-refractivity contribution in [1.29, 1.82) is 0 Å². The summed E-state index contributed by atoms with van der Waals surface area (Å²) in [6, 6.07) is 16.3. The Morgan fingerprint density at radius 3 is 2.00 bits per heavy atom. The van der Waals surface area contributed by atoms with Gasteiger partial charge < -0.3 is 14.4 Å². The van der Waals surface area contributed by atoms with Crippen LogP contribution >= 0.6 is 0 Å². The number of hydrogen-bond acceptors (Lipinski definition) is 4. The first-order valence-electron chi connectivity index (χ1n) is 9.96. The van der Waals surface area contributed by atoms with E-state index in [9.17, 15) is 4.79 Å². The number of hydrogen-bond donors (Lipinski definition) is 0. The number of carbonyl (C=O) groups is 1. The molecule has 0 unspecified atom stereocenters. The lowest BCUT2D eigenvalue weighted by Gasteiger charge is -2.38. The molecule has 5 heteroatoms. The zero-order valence-electron chi connectivity index (χ0n) is 17.1. The van der Waals surface area contributed by atoms with Crippen LogP contribution in [0.3, 0.4) is 0 Å². The van der Waals surface area contributed by atoms with Gasteiger partial charge in [0.05, 0.1) is 14.2 Å². The number of benzene rings is 2. The van der Waals surface area contributed by atoms with Crippen LogP contribution in [0.2, 0.25) is 0 Å². The molecule has 2 aromatic carbocycles. The van der Waals surface area contributed by atoms with Crippen molar-refractivity contribution in [3.05, 3.63) is 54.1 Å². The van der Waals surface area contributed by atoms with Crippen molar-refractivity contribution in [2.45, 2.75) is 38.8 Å². The van der Waals surface area contributed by atoms with E-state index in [0.29, 0.717) is 6.42 Å². The van der Waals surface area contributed by atoms with Crippen molar-refractivity contribution >= 4 is 11.6 Å². The minimum atomic E-state index is 0.179. The van der Waals surface area contributed by atoms with E-state index in [0.717, 1.165) is 49.7 Å². The van der Waals surface area contributed by atoms with Crippen LogP contribution in [0.15, 0.2) is 48.5 Å². The zero-order valence-corrected chi connectivity index (χ0v) is 17.1. The molecule has 0 bridgehead atoms. The molecule has 0 aliphatic carbocycles. The molecule has 0 aromatic heterocycles. The lowest BCUT2D eigenvalue weighted by atomic mass is 10.0. The normalized spacial score (nSPS) is 15.2. The number of anilines is 1. The Labute approximate surface area is 167 Å². The van der Waals surface area contributed by atoms with Gasteiger partial charge >= 0.3 is 0 Å². The van der Waals surface area contributed by atoms with Gasteiger partial charge in [0.15, 0.2) is 0 Å². The predicted octanol–water partition coefficient (Wildman–Crippen LogP) is 4.11. The fraction of sp³-hybridized carbons (Fsp3) is 0.435. The third kappa shape index (κ3) is 4.84. The standard InChI is InChI=1S/C23H30N2O3/c1-4-23(26)25(19-7-11-22(28-3)12-8-19)20-13-15-24(16-14-20)17-18-5-9-21(27-2)10-6-18/h5-12,20H,4,13-17H2,1-3H3. The molecular weight excluding hydrogens is 352 g/mol. The van der Waals surface area contributed by atoms with E-state index in [1.807, 2.05) is 48.2 Å². The summed E-state index contributed by atoms with van der Waals surface area (Å²) >= 11 is 0. The van der Waals surface area contributed by atoms with Crippen LogP contribution < -0.4 is 14.4 Å². The van der Waals surface area contributed by atoms with Crippen LogP contribution in [0.5, 0.6) is 11.5 Å². The van der Waals surface area contributed by atoms with Gasteiger partial charge in [-0.1, -0.05) is 19.1 Å². The van der Waals surface area contributed by atoms with Crippen molar-refractivity contribution in [3.8, 4) is 11.5 Å². The first-order valence-corrected chi connectivity index (χ1v) is 9.96. The summed E-state index contributed by atoms with van der Waals surface area (Å²) < 4.78 is 10.5. The van der Waals surface area contributed by atoms with Crippen LogP contribution in [0.4, 0.5) is 5.69 Å². The van der Waals surface area contributed by atoms with E-state index in [4.69, 9.17) is 9.47 Å². The molecule has 150 valence electrons. The number of likely N-dealkylation sites (tertiary alicyclic amines) is 1. The predicted molar refractivity (Wildman–Crippen MR) is 112 cm³/mol. The zero-order chi connectivity index (χ0) is 19.9. The molecule has 2 aromatic rings. The molecule has 1 aliphatic heterocycles. The molecule has 0 saturated carbocycles. The molecule has 5 nitrogen and oxygen atoms in total. The molecule has 1 saturated heterocycles. The fourth-order valence-corrected chi connectivity index (χ4v) is 3.80. The number of nitrogens with zero attached hydrogens (tertiary/aromatic N) is 2. The van der Waals surface area contributed by atoms with Crippen LogP contribution in [0.25, 0.3) is 0 Å². The van der Waals surface area contributed by atoms with Crippen molar-refractivity contribution in [3.63, 3.8) is 0 Å². The maximum absolute atomic E-state index is 12.7. The van der Waals surface area contributed by atoms with Gasteiger partial charge in [0.2, 0.25) is 5.91 Å². The van der Waals surface area contributed by atoms with E-state index in [-0.39, 0.29) is 11.9 Å². The van der Waals surface area contributed by atoms with Crippen LogP contribution in [0, 0.1) is 0 Å². The minimum absolute atomic E-state index is 0.179. The Morgan fingerprint density at radius 1 is 0.964 bits per heavy atom. The maximum atomic E-state index is 12.7. The molecule has 1 heterocycles. The number of amides is 1. The van der Waals surface area contributed by atoms with Crippen molar-refractivity contribution in [2.24, 2.45) is 0 Å². The number of carbonyl (C=O) groups excluding carboxylic acids is 1. The quantitative estimate of drug-likeness (QED) is 0.723. The first-order chi connectivity index (χ1) is 13.6. The third-order valence-corrected chi connectivity index (χ3v) is 5.41. The Kier molecular flexibility index (Phi) is 6.93. The molecule has 1 amide bonds. The summed E-state index contributed by atoms with van der Waals surface area (Å²) in [5, 5.41) is 0. The topological polar surface area (TPSA) is 42.0 Å². The van der Waals surface area contributed by atoms with Crippen LogP contribution in [-0.2, 0) is 11.3 Å². The first kappa shape index (κ1) is 20.2. The summed E-state index contributed by atoms with van der Waals surface area (Å²) in [4.78, 5) is 17.1. The highest BCUT2D eigenvalue weighted by Gasteiger charge is 2.28. The SMILES string of the molecule is CCC(=O)N(c1ccc(OC)cc1)C1CCN(Cc2ccc(OC)cc2)CC1. The van der Waals surface area contributed by atoms with Crippen molar-refractivity contribution in [1.82, 2.24) is 4.90 Å². The van der Waals surface area contributed by atoms with Gasteiger partial charge in [0.25, 0.3) is 0 Å². The lowest BCUT2D eigenvalue weighted by Crippen LogP contribution is -2.47. The Morgan fingerprint density at radius 2 is 1.50 bits per heavy atom. The van der Waals surface area contributed by atoms with Gasteiger partial charge in [-0.05, 0) is 54.8 Å². The monoisotopic (exact) mass is 382 g/mol. The maximum Gasteiger partial charge on any atom is 0.226 e. The molecule has 0 spiro atoms. The highest BCUT2D eigenvalue weighted by Crippen LogP contribution is 2.27. The van der Waals surface area contributed by atoms with E-state index in [2.05, 4.69) is 17.0 Å². The van der Waals surface area contributed by atoms with Gasteiger partial charge in [-0.2, -0.15) is 0 Å². The minimum Gasteiger partial charge on any atom is -0.497 e. The second kappa shape index (κ2) is 9.60. The van der Waals surface area contributed by atoms with E-state index in [1.165, 1.54) is 5.56 Å². The highest BCUT2D eigenvalue weighted by atomic mass is 16.5. The molecule has 3 rings (SSSR count). The molecule has 1 fully saturated rings. The van der Waals surface area contributed by atoms with E-state index in [1.54, 1.807) is 14.2 Å². The average molecular weight is 383 g/mol. The van der Waals surface area contributed by atoms with Gasteiger partial charge in [0.1, 0.15) is 11.5 Å². The van der Waals surface area contributed by atoms with Gasteiger partial charge in [-0.15, -0.1) is 0 Å². The Bertz CT molecular complexity index is 750. The Balaban J connectivity index is 1.63. The second-order valence-corrected chi connectivity index (χ2v) is 7.17. The highest BCUT2D eigenvalue weighted by molar-refractivity contribution is 5.93. The fourth-order valence-electron chi connectivity index (χ4n) is 3.80. The second-order valence-electron chi connectivity index (χ2n) is 7.17. The summed E-state index contributed by atoms with van der Waals surface area (Å²) in [6.07, 6.45) is 2.47. The van der Waals surface area contributed by atoms with Crippen molar-refractivity contribution in [2.75, 3.05) is 32.2 Å². The van der Waals surface area contributed by atoms with E-state index < -0.39 is 0 Å². The third-order valence-electron chi connectivity index (χ3n) is 5.41. The molecule has 28 heavy (non-hydrogen) atoms. The summed E-state index contributed by atoms with van der Waals surface area (Å²) in [5.74, 6) is 1.87. The van der Waals surface area contributed by atoms with Crippen LogP contribution in [0.1, 0.15) is 31.7 Å². The molecule has 0 N–H and O–H groups in total. The Hall–Kier alpha value is -2.53. The number of piperidine rings is 1. The summed E-state index contributed by atoms with van der Waals surface area (Å²) in [6.45, 7) is 4.83. The number of ether oxygens (including phenoxy) is 2. The molecule has 1 aliphatic rings. The smallest absolute Gasteiger partial charge is 0.226 e. The van der Waals surface area contributed by atoms with Crippen molar-refractivity contribution < 1.29 is 14.3 Å². The van der Waals surface area contributed by atoms with Gasteiger partial charge in [-0.3, -0.25) is 9.69 Å². The molecular formula is C23H30N2O3. The van der Waals surface area contributed by atoms with E-state index >= 15 is 0 Å². The summed E-state index contributed by atoms with van der Waals surface area (Å²) in [7, 11) is 3.34. The average Bonchev–Trinajstić information content (AvgIpc) is 2.76.